The molecule has 0 aliphatic heterocycles. The van der Waals surface area contributed by atoms with Crippen molar-refractivity contribution < 1.29 is 4.79 Å². The van der Waals surface area contributed by atoms with Crippen molar-refractivity contribution in [2.24, 2.45) is 0 Å². The first-order valence-corrected chi connectivity index (χ1v) is 9.35. The van der Waals surface area contributed by atoms with Gasteiger partial charge in [0.05, 0.1) is 5.25 Å². The Hall–Kier alpha value is -2.60. The van der Waals surface area contributed by atoms with Gasteiger partial charge in [-0.2, -0.15) is 0 Å². The molecule has 2 aromatic carbocycles. The molecule has 0 radical (unpaired) electrons. The Morgan fingerprint density at radius 2 is 1.73 bits per heavy atom. The molecule has 0 fully saturated rings. The summed E-state index contributed by atoms with van der Waals surface area (Å²) in [5, 5.41) is 10.4. The Morgan fingerprint density at radius 3 is 2.38 bits per heavy atom. The van der Waals surface area contributed by atoms with Crippen LogP contribution in [0.25, 0.3) is 11.4 Å². The zero-order chi connectivity index (χ0) is 18.7. The predicted molar refractivity (Wildman–Crippen MR) is 106 cm³/mol. The summed E-state index contributed by atoms with van der Waals surface area (Å²) < 4.78 is 0. The van der Waals surface area contributed by atoms with Crippen molar-refractivity contribution in [3.05, 3.63) is 59.2 Å². The molecule has 0 aliphatic rings. The van der Waals surface area contributed by atoms with Gasteiger partial charge in [-0.25, -0.2) is 4.98 Å². The normalized spacial score (nSPS) is 12.0. The van der Waals surface area contributed by atoms with Crippen LogP contribution in [-0.4, -0.2) is 26.3 Å². The zero-order valence-electron chi connectivity index (χ0n) is 15.3. The molecule has 5 nitrogen and oxygen atoms in total. The second-order valence-corrected chi connectivity index (χ2v) is 7.66. The summed E-state index contributed by atoms with van der Waals surface area (Å²) in [6.45, 7) is 7.88. The molecular weight excluding hydrogens is 344 g/mol. The van der Waals surface area contributed by atoms with Crippen LogP contribution in [0.4, 0.5) is 5.69 Å². The number of aromatic amines is 1. The highest BCUT2D eigenvalue weighted by atomic mass is 32.2. The Kier molecular flexibility index (Phi) is 5.42. The van der Waals surface area contributed by atoms with Crippen LogP contribution < -0.4 is 5.32 Å². The highest BCUT2D eigenvalue weighted by Crippen LogP contribution is 2.25. The number of carbonyl (C=O) groups excluding carboxylic acids is 1. The number of H-pyrrole nitrogens is 1. The fourth-order valence-electron chi connectivity index (χ4n) is 2.59. The summed E-state index contributed by atoms with van der Waals surface area (Å²) in [5.74, 6) is 0.643. The molecule has 2 N–H and O–H groups in total. The molecule has 134 valence electrons. The maximum Gasteiger partial charge on any atom is 0.237 e. The van der Waals surface area contributed by atoms with Crippen molar-refractivity contribution in [2.75, 3.05) is 5.32 Å². The fraction of sp³-hybridized carbons (Fsp3) is 0.250. The molecule has 0 saturated carbocycles. The first-order valence-electron chi connectivity index (χ1n) is 8.47. The van der Waals surface area contributed by atoms with E-state index in [4.69, 9.17) is 0 Å². The molecule has 0 saturated heterocycles. The van der Waals surface area contributed by atoms with Crippen molar-refractivity contribution in [3.8, 4) is 11.4 Å². The Bertz CT molecular complexity index is 898. The van der Waals surface area contributed by atoms with Gasteiger partial charge in [0.15, 0.2) is 5.82 Å². The predicted octanol–water partition coefficient (Wildman–Crippen LogP) is 4.52. The average molecular weight is 366 g/mol. The lowest BCUT2D eigenvalue weighted by atomic mass is 10.1. The van der Waals surface area contributed by atoms with Gasteiger partial charge >= 0.3 is 0 Å². The van der Waals surface area contributed by atoms with Crippen LogP contribution >= 0.6 is 11.8 Å². The van der Waals surface area contributed by atoms with Crippen LogP contribution in [0, 0.1) is 20.8 Å². The number of para-hydroxylation sites is 1. The van der Waals surface area contributed by atoms with E-state index in [0.29, 0.717) is 11.0 Å². The van der Waals surface area contributed by atoms with Crippen LogP contribution in [0.3, 0.4) is 0 Å². The second-order valence-electron chi connectivity index (χ2n) is 6.35. The van der Waals surface area contributed by atoms with E-state index in [2.05, 4.69) is 20.5 Å². The highest BCUT2D eigenvalue weighted by Gasteiger charge is 2.18. The smallest absolute Gasteiger partial charge is 0.237 e. The summed E-state index contributed by atoms with van der Waals surface area (Å²) in [7, 11) is 0. The Morgan fingerprint density at radius 1 is 1.08 bits per heavy atom. The van der Waals surface area contributed by atoms with E-state index in [-0.39, 0.29) is 11.2 Å². The van der Waals surface area contributed by atoms with Crippen LogP contribution in [0.2, 0.25) is 0 Å². The third-order valence-electron chi connectivity index (χ3n) is 4.17. The van der Waals surface area contributed by atoms with E-state index in [1.165, 1.54) is 17.3 Å². The molecular formula is C20H22N4OS. The molecule has 3 aromatic rings. The number of nitrogens with one attached hydrogen (secondary N) is 2. The van der Waals surface area contributed by atoms with E-state index in [0.717, 1.165) is 22.4 Å². The van der Waals surface area contributed by atoms with Gasteiger partial charge in [0.25, 0.3) is 0 Å². The average Bonchev–Trinajstić information content (AvgIpc) is 3.07. The number of hydrogen-bond donors (Lipinski definition) is 2. The molecule has 1 aromatic heterocycles. The van der Waals surface area contributed by atoms with E-state index >= 15 is 0 Å². The lowest BCUT2D eigenvalue weighted by Crippen LogP contribution is -2.23. The minimum absolute atomic E-state index is 0.0610. The minimum atomic E-state index is -0.310. The number of aryl methyl sites for hydroxylation is 3. The SMILES string of the molecule is Cc1ccc(-c2nc(S[C@H](C)C(=O)Nc3c(C)cccc3C)n[nH]2)cc1. The number of nitrogens with zero attached hydrogens (tertiary/aromatic N) is 2. The zero-order valence-corrected chi connectivity index (χ0v) is 16.1. The molecule has 1 heterocycles. The largest absolute Gasteiger partial charge is 0.325 e. The van der Waals surface area contributed by atoms with Crippen molar-refractivity contribution in [1.82, 2.24) is 15.2 Å². The third-order valence-corrected chi connectivity index (χ3v) is 5.13. The van der Waals surface area contributed by atoms with Crippen LogP contribution in [0.5, 0.6) is 0 Å². The summed E-state index contributed by atoms with van der Waals surface area (Å²) in [5.41, 5.74) is 5.15. The molecule has 6 heteroatoms. The summed E-state index contributed by atoms with van der Waals surface area (Å²) in [4.78, 5) is 17.0. The molecule has 0 unspecified atom stereocenters. The monoisotopic (exact) mass is 366 g/mol. The van der Waals surface area contributed by atoms with Crippen molar-refractivity contribution in [2.45, 2.75) is 38.1 Å². The quantitative estimate of drug-likeness (QED) is 0.652. The van der Waals surface area contributed by atoms with Crippen LogP contribution in [-0.2, 0) is 4.79 Å². The maximum atomic E-state index is 12.5. The molecule has 1 amide bonds. The molecule has 26 heavy (non-hydrogen) atoms. The molecule has 0 spiro atoms. The topological polar surface area (TPSA) is 70.7 Å². The number of amides is 1. The van der Waals surface area contributed by atoms with E-state index in [9.17, 15) is 4.79 Å². The minimum Gasteiger partial charge on any atom is -0.325 e. The Labute approximate surface area is 157 Å². The van der Waals surface area contributed by atoms with Gasteiger partial charge in [0.2, 0.25) is 11.1 Å². The summed E-state index contributed by atoms with van der Waals surface area (Å²) in [6, 6.07) is 14.0. The van der Waals surface area contributed by atoms with Gasteiger partial charge in [0.1, 0.15) is 0 Å². The number of hydrogen-bond acceptors (Lipinski definition) is 4. The van der Waals surface area contributed by atoms with Gasteiger partial charge in [-0.05, 0) is 38.8 Å². The van der Waals surface area contributed by atoms with Crippen LogP contribution in [0.1, 0.15) is 23.6 Å². The van der Waals surface area contributed by atoms with Crippen molar-refractivity contribution in [3.63, 3.8) is 0 Å². The van der Waals surface area contributed by atoms with Crippen LogP contribution in [0.15, 0.2) is 47.6 Å². The van der Waals surface area contributed by atoms with Gasteiger partial charge in [-0.1, -0.05) is 59.8 Å². The van der Waals surface area contributed by atoms with E-state index in [1.807, 2.05) is 70.2 Å². The van der Waals surface area contributed by atoms with Crippen molar-refractivity contribution in [1.29, 1.82) is 0 Å². The van der Waals surface area contributed by atoms with Gasteiger partial charge in [0, 0.05) is 11.3 Å². The van der Waals surface area contributed by atoms with Gasteiger partial charge in [-0.3, -0.25) is 9.89 Å². The molecule has 1 atom stereocenters. The Balaban J connectivity index is 1.67. The number of anilines is 1. The number of aromatic nitrogens is 3. The van der Waals surface area contributed by atoms with Gasteiger partial charge in [-0.15, -0.1) is 5.10 Å². The number of carbonyl (C=O) groups is 1. The summed E-state index contributed by atoms with van der Waals surface area (Å²) in [6.07, 6.45) is 0. The first kappa shape index (κ1) is 18.2. The second kappa shape index (κ2) is 7.74. The third kappa shape index (κ3) is 4.14. The molecule has 0 bridgehead atoms. The standard InChI is InChI=1S/C20H22N4OS/c1-12-8-10-16(11-9-12)18-22-20(24-23-18)26-15(4)19(25)21-17-13(2)6-5-7-14(17)3/h5-11,15H,1-4H3,(H,21,25)(H,22,23,24)/t15-/m1/s1. The summed E-state index contributed by atoms with van der Waals surface area (Å²) >= 11 is 1.34. The van der Waals surface area contributed by atoms with E-state index < -0.39 is 0 Å². The lowest BCUT2D eigenvalue weighted by molar-refractivity contribution is -0.115. The van der Waals surface area contributed by atoms with E-state index in [1.54, 1.807) is 0 Å². The highest BCUT2D eigenvalue weighted by molar-refractivity contribution is 8.00. The van der Waals surface area contributed by atoms with Crippen molar-refractivity contribution >= 4 is 23.4 Å². The van der Waals surface area contributed by atoms with Gasteiger partial charge < -0.3 is 5.32 Å². The maximum absolute atomic E-state index is 12.5. The molecule has 0 aliphatic carbocycles. The number of rotatable bonds is 5. The number of thioether (sulfide) groups is 1. The fourth-order valence-corrected chi connectivity index (χ4v) is 3.31. The number of benzene rings is 2. The lowest BCUT2D eigenvalue weighted by Gasteiger charge is -2.14. The first-order chi connectivity index (χ1) is 12.4. The molecule has 3 rings (SSSR count).